The fraction of sp³-hybridized carbons (Fsp3) is 0.357. The summed E-state index contributed by atoms with van der Waals surface area (Å²) in [5.74, 6) is 7.26. The van der Waals surface area contributed by atoms with E-state index >= 15 is 0 Å². The Bertz CT molecular complexity index is 597. The Hall–Kier alpha value is -2.05. The van der Waals surface area contributed by atoms with Gasteiger partial charge in [-0.05, 0) is 12.1 Å². The Kier molecular flexibility index (Phi) is 3.58. The number of hydrogen-bond donors (Lipinski definition) is 2. The first-order chi connectivity index (χ1) is 9.78. The molecule has 0 spiro atoms. The Morgan fingerprint density at radius 1 is 1.35 bits per heavy atom. The van der Waals surface area contributed by atoms with Crippen LogP contribution in [0.2, 0.25) is 0 Å². The number of aromatic nitrogens is 2. The van der Waals surface area contributed by atoms with Gasteiger partial charge in [-0.2, -0.15) is 5.10 Å². The van der Waals surface area contributed by atoms with E-state index in [9.17, 15) is 0 Å². The minimum absolute atomic E-state index is 0.0680. The van der Waals surface area contributed by atoms with E-state index in [2.05, 4.69) is 10.5 Å². The molecule has 2 heterocycles. The van der Waals surface area contributed by atoms with E-state index in [4.69, 9.17) is 15.3 Å². The van der Waals surface area contributed by atoms with Crippen molar-refractivity contribution in [1.82, 2.24) is 15.2 Å². The van der Waals surface area contributed by atoms with Crippen LogP contribution >= 0.6 is 0 Å². The SMILES string of the molecule is Cn1ccc(CC(NN)c2cccc3c2OCCO3)n1. The Morgan fingerprint density at radius 2 is 2.20 bits per heavy atom. The van der Waals surface area contributed by atoms with Crippen LogP contribution in [-0.2, 0) is 13.5 Å². The monoisotopic (exact) mass is 274 g/mol. The van der Waals surface area contributed by atoms with E-state index in [1.54, 1.807) is 4.68 Å². The number of para-hydroxylation sites is 1. The minimum atomic E-state index is -0.0680. The molecule has 2 aromatic rings. The summed E-state index contributed by atoms with van der Waals surface area (Å²) in [5, 5.41) is 4.39. The molecule has 0 amide bonds. The van der Waals surface area contributed by atoms with Crippen molar-refractivity contribution in [2.75, 3.05) is 13.2 Å². The molecule has 106 valence electrons. The maximum Gasteiger partial charge on any atom is 0.166 e. The molecule has 0 fully saturated rings. The van der Waals surface area contributed by atoms with Crippen molar-refractivity contribution in [3.63, 3.8) is 0 Å². The number of aryl methyl sites for hydroxylation is 1. The first-order valence-electron chi connectivity index (χ1n) is 6.61. The van der Waals surface area contributed by atoms with Crippen LogP contribution in [0.5, 0.6) is 11.5 Å². The van der Waals surface area contributed by atoms with Gasteiger partial charge >= 0.3 is 0 Å². The van der Waals surface area contributed by atoms with E-state index in [0.717, 1.165) is 22.8 Å². The molecule has 1 aliphatic heterocycles. The van der Waals surface area contributed by atoms with Gasteiger partial charge in [-0.1, -0.05) is 12.1 Å². The summed E-state index contributed by atoms with van der Waals surface area (Å²) in [6.07, 6.45) is 2.61. The molecule has 1 aromatic carbocycles. The van der Waals surface area contributed by atoms with Gasteiger partial charge in [-0.15, -0.1) is 0 Å². The molecule has 1 unspecified atom stereocenters. The second-order valence-corrected chi connectivity index (χ2v) is 4.78. The van der Waals surface area contributed by atoms with Crippen molar-refractivity contribution in [2.45, 2.75) is 12.5 Å². The van der Waals surface area contributed by atoms with Crippen LogP contribution in [0, 0.1) is 0 Å². The van der Waals surface area contributed by atoms with E-state index in [-0.39, 0.29) is 6.04 Å². The first-order valence-corrected chi connectivity index (χ1v) is 6.61. The average molecular weight is 274 g/mol. The van der Waals surface area contributed by atoms with E-state index < -0.39 is 0 Å². The van der Waals surface area contributed by atoms with Crippen molar-refractivity contribution in [1.29, 1.82) is 0 Å². The Balaban J connectivity index is 1.89. The average Bonchev–Trinajstić information content (AvgIpc) is 2.89. The lowest BCUT2D eigenvalue weighted by Crippen LogP contribution is -2.31. The highest BCUT2D eigenvalue weighted by Crippen LogP contribution is 2.37. The third-order valence-electron chi connectivity index (χ3n) is 3.36. The molecule has 20 heavy (non-hydrogen) atoms. The molecule has 1 atom stereocenters. The second-order valence-electron chi connectivity index (χ2n) is 4.78. The van der Waals surface area contributed by atoms with Gasteiger partial charge in [0.05, 0.1) is 11.7 Å². The molecule has 1 aromatic heterocycles. The number of hydrazine groups is 1. The maximum absolute atomic E-state index is 5.73. The standard InChI is InChI=1S/C14H18N4O2/c1-18-6-5-10(17-18)9-12(16-15)11-3-2-4-13-14(11)20-8-7-19-13/h2-6,12,16H,7-9,15H2,1H3. The molecule has 6 nitrogen and oxygen atoms in total. The van der Waals surface area contributed by atoms with Gasteiger partial charge in [-0.25, -0.2) is 0 Å². The second kappa shape index (κ2) is 5.52. The number of nitrogens with one attached hydrogen (secondary N) is 1. The van der Waals surface area contributed by atoms with Crippen molar-refractivity contribution in [2.24, 2.45) is 12.9 Å². The summed E-state index contributed by atoms with van der Waals surface area (Å²) in [6, 6.07) is 7.78. The highest BCUT2D eigenvalue weighted by atomic mass is 16.6. The number of rotatable bonds is 4. The Morgan fingerprint density at radius 3 is 2.95 bits per heavy atom. The molecule has 0 radical (unpaired) electrons. The van der Waals surface area contributed by atoms with Gasteiger partial charge in [0.25, 0.3) is 0 Å². The maximum atomic E-state index is 5.73. The number of nitrogens with zero attached hydrogens (tertiary/aromatic N) is 2. The van der Waals surface area contributed by atoms with Crippen LogP contribution in [0.4, 0.5) is 0 Å². The lowest BCUT2D eigenvalue weighted by atomic mass is 10.0. The van der Waals surface area contributed by atoms with E-state index in [1.165, 1.54) is 0 Å². The third-order valence-corrected chi connectivity index (χ3v) is 3.36. The largest absolute Gasteiger partial charge is 0.486 e. The van der Waals surface area contributed by atoms with Crippen molar-refractivity contribution in [3.05, 3.63) is 41.7 Å². The Labute approximate surface area is 117 Å². The quantitative estimate of drug-likeness (QED) is 0.641. The predicted molar refractivity (Wildman–Crippen MR) is 74.4 cm³/mol. The first kappa shape index (κ1) is 13.0. The van der Waals surface area contributed by atoms with Crippen LogP contribution < -0.4 is 20.7 Å². The molecule has 0 saturated carbocycles. The normalized spacial score (nSPS) is 15.1. The number of hydrogen-bond acceptors (Lipinski definition) is 5. The topological polar surface area (TPSA) is 74.3 Å². The summed E-state index contributed by atoms with van der Waals surface area (Å²) in [6.45, 7) is 1.14. The van der Waals surface area contributed by atoms with Gasteiger partial charge in [0.15, 0.2) is 11.5 Å². The third kappa shape index (κ3) is 2.48. The van der Waals surface area contributed by atoms with Crippen LogP contribution in [0.15, 0.2) is 30.5 Å². The van der Waals surface area contributed by atoms with Gasteiger partial charge < -0.3 is 9.47 Å². The highest BCUT2D eigenvalue weighted by Gasteiger charge is 2.22. The van der Waals surface area contributed by atoms with E-state index in [0.29, 0.717) is 19.6 Å². The van der Waals surface area contributed by atoms with E-state index in [1.807, 2.05) is 37.5 Å². The zero-order valence-electron chi connectivity index (χ0n) is 11.4. The molecular weight excluding hydrogens is 256 g/mol. The van der Waals surface area contributed by atoms with Crippen LogP contribution in [0.1, 0.15) is 17.3 Å². The van der Waals surface area contributed by atoms with Crippen molar-refractivity contribution < 1.29 is 9.47 Å². The number of fused-ring (bicyclic) bond motifs is 1. The molecule has 1 aliphatic rings. The summed E-state index contributed by atoms with van der Waals surface area (Å²) >= 11 is 0. The minimum Gasteiger partial charge on any atom is -0.486 e. The van der Waals surface area contributed by atoms with Gasteiger partial charge in [-0.3, -0.25) is 16.0 Å². The summed E-state index contributed by atoms with van der Waals surface area (Å²) < 4.78 is 13.1. The fourth-order valence-electron chi connectivity index (χ4n) is 2.41. The summed E-state index contributed by atoms with van der Waals surface area (Å²) in [4.78, 5) is 0. The van der Waals surface area contributed by atoms with Crippen LogP contribution in [0.3, 0.4) is 0 Å². The number of benzene rings is 1. The van der Waals surface area contributed by atoms with Crippen LogP contribution in [0.25, 0.3) is 0 Å². The van der Waals surface area contributed by atoms with Crippen molar-refractivity contribution >= 4 is 0 Å². The van der Waals surface area contributed by atoms with Crippen molar-refractivity contribution in [3.8, 4) is 11.5 Å². The number of nitrogens with two attached hydrogens (primary N) is 1. The molecule has 3 N–H and O–H groups in total. The lowest BCUT2D eigenvalue weighted by Gasteiger charge is -2.24. The van der Waals surface area contributed by atoms with Gasteiger partial charge in [0, 0.05) is 25.2 Å². The molecular formula is C14H18N4O2. The van der Waals surface area contributed by atoms with Crippen LogP contribution in [-0.4, -0.2) is 23.0 Å². The molecule has 0 aliphatic carbocycles. The molecule has 3 rings (SSSR count). The molecule has 0 saturated heterocycles. The zero-order valence-corrected chi connectivity index (χ0v) is 11.4. The zero-order chi connectivity index (χ0) is 13.9. The van der Waals surface area contributed by atoms with Gasteiger partial charge in [0.2, 0.25) is 0 Å². The predicted octanol–water partition coefficient (Wildman–Crippen LogP) is 0.938. The summed E-state index contributed by atoms with van der Waals surface area (Å²) in [5.41, 5.74) is 4.81. The number of ether oxygens (including phenoxy) is 2. The highest BCUT2D eigenvalue weighted by molar-refractivity contribution is 5.49. The fourth-order valence-corrected chi connectivity index (χ4v) is 2.41. The summed E-state index contributed by atoms with van der Waals surface area (Å²) in [7, 11) is 1.90. The molecule has 6 heteroatoms. The lowest BCUT2D eigenvalue weighted by molar-refractivity contribution is 0.168. The smallest absolute Gasteiger partial charge is 0.166 e. The van der Waals surface area contributed by atoms with Gasteiger partial charge in [0.1, 0.15) is 13.2 Å². The molecule has 0 bridgehead atoms.